The van der Waals surface area contributed by atoms with Crippen LogP contribution >= 0.6 is 0 Å². The minimum Gasteiger partial charge on any atom is -0.393 e. The maximum Gasteiger partial charge on any atom is 0.0540 e. The number of hydrogen-bond donors (Lipinski definition) is 1. The van der Waals surface area contributed by atoms with Crippen molar-refractivity contribution in [1.82, 2.24) is 0 Å². The molecule has 2 rings (SSSR count). The molecule has 0 aliphatic heterocycles. The van der Waals surface area contributed by atoms with E-state index in [9.17, 15) is 5.11 Å². The van der Waals surface area contributed by atoms with E-state index in [1.165, 1.54) is 25.7 Å². The van der Waals surface area contributed by atoms with Crippen molar-refractivity contribution in [3.63, 3.8) is 0 Å². The van der Waals surface area contributed by atoms with Gasteiger partial charge in [-0.05, 0) is 67.1 Å². The van der Waals surface area contributed by atoms with E-state index >= 15 is 0 Å². The summed E-state index contributed by atoms with van der Waals surface area (Å²) in [7, 11) is 0. The Hall–Kier alpha value is -0.0400. The molecule has 0 radical (unpaired) electrons. The smallest absolute Gasteiger partial charge is 0.0540 e. The average molecular weight is 252 g/mol. The van der Waals surface area contributed by atoms with Gasteiger partial charge in [0.1, 0.15) is 0 Å². The lowest BCUT2D eigenvalue weighted by atomic mass is 9.58. The lowest BCUT2D eigenvalue weighted by molar-refractivity contribution is 0.00971. The van der Waals surface area contributed by atoms with E-state index < -0.39 is 0 Å². The molecule has 2 aliphatic rings. The number of rotatable bonds is 2. The number of hydrogen-bond acceptors (Lipinski definition) is 1. The van der Waals surface area contributed by atoms with Gasteiger partial charge in [0.05, 0.1) is 6.10 Å². The van der Waals surface area contributed by atoms with E-state index in [2.05, 4.69) is 34.6 Å². The van der Waals surface area contributed by atoms with Crippen LogP contribution in [0.15, 0.2) is 0 Å². The molecular weight excluding hydrogens is 220 g/mol. The summed E-state index contributed by atoms with van der Waals surface area (Å²) in [6.07, 6.45) is 7.27. The first kappa shape index (κ1) is 14.4. The van der Waals surface area contributed by atoms with Gasteiger partial charge >= 0.3 is 0 Å². The van der Waals surface area contributed by atoms with Crippen molar-refractivity contribution in [2.75, 3.05) is 0 Å². The zero-order valence-corrected chi connectivity index (χ0v) is 13.0. The maximum atomic E-state index is 9.71. The summed E-state index contributed by atoms with van der Waals surface area (Å²) in [5.74, 6) is 2.57. The molecule has 3 atom stereocenters. The van der Waals surface area contributed by atoms with Crippen molar-refractivity contribution >= 4 is 0 Å². The Balaban J connectivity index is 2.18. The zero-order valence-electron chi connectivity index (χ0n) is 13.0. The van der Waals surface area contributed by atoms with Crippen molar-refractivity contribution in [1.29, 1.82) is 0 Å². The van der Waals surface area contributed by atoms with Crippen LogP contribution in [0.4, 0.5) is 0 Å². The molecule has 106 valence electrons. The molecule has 0 spiro atoms. The van der Waals surface area contributed by atoms with Gasteiger partial charge < -0.3 is 5.11 Å². The largest absolute Gasteiger partial charge is 0.393 e. The second kappa shape index (κ2) is 4.81. The molecular formula is C17H32O. The van der Waals surface area contributed by atoms with E-state index in [1.54, 1.807) is 0 Å². The first-order valence-electron chi connectivity index (χ1n) is 8.01. The monoisotopic (exact) mass is 252 g/mol. The summed E-state index contributed by atoms with van der Waals surface area (Å²) >= 11 is 0. The molecule has 2 aliphatic carbocycles. The molecule has 18 heavy (non-hydrogen) atoms. The third kappa shape index (κ3) is 2.03. The Morgan fingerprint density at radius 2 is 1.61 bits per heavy atom. The molecule has 0 amide bonds. The molecule has 2 saturated carbocycles. The van der Waals surface area contributed by atoms with Gasteiger partial charge in [0, 0.05) is 0 Å². The minimum atomic E-state index is -0.0130. The summed E-state index contributed by atoms with van der Waals surface area (Å²) in [6.45, 7) is 12.3. The van der Waals surface area contributed by atoms with Gasteiger partial charge in [-0.2, -0.15) is 0 Å². The van der Waals surface area contributed by atoms with Gasteiger partial charge in [-0.3, -0.25) is 0 Å². The number of aliphatic hydroxyl groups excluding tert-OH is 1. The molecule has 0 aromatic carbocycles. The van der Waals surface area contributed by atoms with Gasteiger partial charge in [0.2, 0.25) is 0 Å². The molecule has 3 unspecified atom stereocenters. The molecule has 1 N–H and O–H groups in total. The van der Waals surface area contributed by atoms with E-state index in [-0.39, 0.29) is 6.10 Å². The molecule has 1 nitrogen and oxygen atoms in total. The standard InChI is InChI=1S/C17H32O/c1-6-17(5)15(11-12(2)16(17,3)4)13-7-9-14(18)10-8-13/h12-15,18H,6-11H2,1-5H3. The van der Waals surface area contributed by atoms with Crippen LogP contribution in [-0.4, -0.2) is 11.2 Å². The highest BCUT2D eigenvalue weighted by atomic mass is 16.3. The molecule has 0 aromatic heterocycles. The average Bonchev–Trinajstić information content (AvgIpc) is 2.52. The molecule has 1 heteroatoms. The van der Waals surface area contributed by atoms with Crippen molar-refractivity contribution in [2.24, 2.45) is 28.6 Å². The summed E-state index contributed by atoms with van der Waals surface area (Å²) < 4.78 is 0. The van der Waals surface area contributed by atoms with E-state index in [0.717, 1.165) is 30.6 Å². The van der Waals surface area contributed by atoms with Crippen LogP contribution in [0, 0.1) is 28.6 Å². The fourth-order valence-electron chi connectivity index (χ4n) is 4.91. The third-order valence-corrected chi connectivity index (χ3v) is 7.17. The maximum absolute atomic E-state index is 9.71. The molecule has 0 bridgehead atoms. The van der Waals surface area contributed by atoms with E-state index in [0.29, 0.717) is 10.8 Å². The number of aliphatic hydroxyl groups is 1. The second-order valence-corrected chi connectivity index (χ2v) is 7.80. The van der Waals surface area contributed by atoms with Crippen molar-refractivity contribution in [3.8, 4) is 0 Å². The molecule has 0 saturated heterocycles. The van der Waals surface area contributed by atoms with Crippen LogP contribution in [0.3, 0.4) is 0 Å². The Kier molecular flexibility index (Phi) is 3.84. The molecule has 2 fully saturated rings. The van der Waals surface area contributed by atoms with Crippen LogP contribution in [0.5, 0.6) is 0 Å². The van der Waals surface area contributed by atoms with Gasteiger partial charge in [0.15, 0.2) is 0 Å². The predicted molar refractivity (Wildman–Crippen MR) is 77.4 cm³/mol. The highest BCUT2D eigenvalue weighted by molar-refractivity contribution is 5.05. The van der Waals surface area contributed by atoms with Crippen molar-refractivity contribution < 1.29 is 5.11 Å². The predicted octanol–water partition coefficient (Wildman–Crippen LogP) is 4.64. The van der Waals surface area contributed by atoms with Crippen molar-refractivity contribution in [2.45, 2.75) is 79.2 Å². The Morgan fingerprint density at radius 3 is 2.11 bits per heavy atom. The van der Waals surface area contributed by atoms with Crippen molar-refractivity contribution in [3.05, 3.63) is 0 Å². The van der Waals surface area contributed by atoms with E-state index in [4.69, 9.17) is 0 Å². The second-order valence-electron chi connectivity index (χ2n) is 7.80. The highest BCUT2D eigenvalue weighted by Gasteiger charge is 2.56. The first-order valence-corrected chi connectivity index (χ1v) is 8.01. The fourth-order valence-corrected chi connectivity index (χ4v) is 4.91. The summed E-state index contributed by atoms with van der Waals surface area (Å²) in [4.78, 5) is 0. The van der Waals surface area contributed by atoms with Crippen LogP contribution < -0.4 is 0 Å². The summed E-state index contributed by atoms with van der Waals surface area (Å²) in [5, 5.41) is 9.71. The fraction of sp³-hybridized carbons (Fsp3) is 1.00. The summed E-state index contributed by atoms with van der Waals surface area (Å²) in [6, 6.07) is 0. The van der Waals surface area contributed by atoms with Gasteiger partial charge in [-0.15, -0.1) is 0 Å². The van der Waals surface area contributed by atoms with E-state index in [1.807, 2.05) is 0 Å². The minimum absolute atomic E-state index is 0.0130. The zero-order chi connectivity index (χ0) is 13.6. The van der Waals surface area contributed by atoms with Gasteiger partial charge in [0.25, 0.3) is 0 Å². The molecule has 0 heterocycles. The lowest BCUT2D eigenvalue weighted by Gasteiger charge is -2.47. The van der Waals surface area contributed by atoms with Gasteiger partial charge in [-0.25, -0.2) is 0 Å². The first-order chi connectivity index (χ1) is 8.33. The van der Waals surface area contributed by atoms with Crippen LogP contribution in [0.1, 0.15) is 73.1 Å². The quantitative estimate of drug-likeness (QED) is 0.759. The highest BCUT2D eigenvalue weighted by Crippen LogP contribution is 2.63. The van der Waals surface area contributed by atoms with Crippen LogP contribution in [-0.2, 0) is 0 Å². The van der Waals surface area contributed by atoms with Crippen LogP contribution in [0.2, 0.25) is 0 Å². The third-order valence-electron chi connectivity index (χ3n) is 7.17. The Labute approximate surface area is 113 Å². The van der Waals surface area contributed by atoms with Crippen LogP contribution in [0.25, 0.3) is 0 Å². The summed E-state index contributed by atoms with van der Waals surface area (Å²) in [5.41, 5.74) is 0.946. The van der Waals surface area contributed by atoms with Gasteiger partial charge in [-0.1, -0.05) is 34.6 Å². The Bertz CT molecular complexity index is 288. The topological polar surface area (TPSA) is 20.2 Å². The lowest BCUT2D eigenvalue weighted by Crippen LogP contribution is -2.40. The molecule has 0 aromatic rings. The Morgan fingerprint density at radius 1 is 1.06 bits per heavy atom. The normalized spacial score (nSPS) is 48.3. The SMILES string of the molecule is CCC1(C)C(C2CCC(O)CC2)CC(C)C1(C)C.